The van der Waals surface area contributed by atoms with Crippen LogP contribution in [-0.4, -0.2) is 64.9 Å². The number of nitrogens with zero attached hydrogens (tertiary/aromatic N) is 1. The zero-order chi connectivity index (χ0) is 26.1. The number of benzene rings is 2. The van der Waals surface area contributed by atoms with Gasteiger partial charge in [0.15, 0.2) is 0 Å². The molecule has 4 N–H and O–H groups in total. The lowest BCUT2D eigenvalue weighted by Gasteiger charge is -2.27. The largest absolute Gasteiger partial charge is 0.370 e. The van der Waals surface area contributed by atoms with Crippen molar-refractivity contribution in [1.82, 2.24) is 10.0 Å². The molecule has 0 saturated carbocycles. The van der Waals surface area contributed by atoms with Gasteiger partial charge in [-0.1, -0.05) is 11.6 Å². The van der Waals surface area contributed by atoms with Gasteiger partial charge in [-0.3, -0.25) is 9.59 Å². The highest BCUT2D eigenvalue weighted by molar-refractivity contribution is 7.88. The topological polar surface area (TPSA) is 146 Å². The quantitative estimate of drug-likeness (QED) is 0.342. The summed E-state index contributed by atoms with van der Waals surface area (Å²) < 4.78 is 30.1. The van der Waals surface area contributed by atoms with Crippen LogP contribution in [0.2, 0.25) is 5.02 Å². The van der Waals surface area contributed by atoms with Crippen molar-refractivity contribution in [3.63, 3.8) is 0 Å². The number of amides is 4. The maximum absolute atomic E-state index is 13.0. The molecule has 0 aliphatic carbocycles. The zero-order valence-electron chi connectivity index (χ0n) is 19.6. The van der Waals surface area contributed by atoms with E-state index in [-0.39, 0.29) is 25.5 Å². The maximum Gasteiger partial charge on any atom is 0.319 e. The van der Waals surface area contributed by atoms with Crippen LogP contribution in [0.3, 0.4) is 0 Å². The number of urea groups is 1. The third-order valence-electron chi connectivity index (χ3n) is 5.19. The van der Waals surface area contributed by atoms with Crippen molar-refractivity contribution in [2.75, 3.05) is 48.1 Å². The number of anilines is 3. The van der Waals surface area contributed by atoms with E-state index in [1.165, 1.54) is 0 Å². The Morgan fingerprint density at radius 2 is 1.69 bits per heavy atom. The number of carbonyl (C=O) groups is 3. The van der Waals surface area contributed by atoms with Gasteiger partial charge in [0.2, 0.25) is 15.9 Å². The second kappa shape index (κ2) is 12.7. The summed E-state index contributed by atoms with van der Waals surface area (Å²) in [5.74, 6) is -0.618. The number of nitrogens with one attached hydrogen (secondary N) is 4. The van der Waals surface area contributed by atoms with Gasteiger partial charge in [-0.25, -0.2) is 17.9 Å². The normalized spacial score (nSPS) is 14.7. The third kappa shape index (κ3) is 8.79. The molecule has 0 bridgehead atoms. The molecule has 1 aliphatic heterocycles. The first-order valence-electron chi connectivity index (χ1n) is 11.2. The maximum atomic E-state index is 13.0. The van der Waals surface area contributed by atoms with E-state index in [4.69, 9.17) is 16.3 Å². The molecule has 0 aromatic heterocycles. The minimum Gasteiger partial charge on any atom is -0.370 e. The lowest BCUT2D eigenvalue weighted by atomic mass is 10.1. The highest BCUT2D eigenvalue weighted by Crippen LogP contribution is 2.20. The van der Waals surface area contributed by atoms with E-state index in [0.717, 1.165) is 6.26 Å². The number of hydrogen-bond acceptors (Lipinski definition) is 6. The SMILES string of the molecule is CS(=O)(=O)NCCCC(NC(=O)Nc1ccc(Cl)cc1)C(=O)Nc1ccc(N2CCOCC2=O)cc1. The minimum atomic E-state index is -3.37. The minimum absolute atomic E-state index is 0.0259. The molecule has 0 spiro atoms. The molecule has 1 aliphatic rings. The van der Waals surface area contributed by atoms with Gasteiger partial charge in [0.1, 0.15) is 12.6 Å². The van der Waals surface area contributed by atoms with Gasteiger partial charge in [0, 0.05) is 35.2 Å². The van der Waals surface area contributed by atoms with Crippen LogP contribution in [0.1, 0.15) is 12.8 Å². The van der Waals surface area contributed by atoms with E-state index in [2.05, 4.69) is 20.7 Å². The van der Waals surface area contributed by atoms with Crippen molar-refractivity contribution in [3.05, 3.63) is 53.6 Å². The number of hydrogen-bond donors (Lipinski definition) is 4. The number of ether oxygens (including phenoxy) is 1. The van der Waals surface area contributed by atoms with Crippen LogP contribution in [-0.2, 0) is 24.3 Å². The molecule has 2 aromatic carbocycles. The van der Waals surface area contributed by atoms with Crippen LogP contribution in [0.5, 0.6) is 0 Å². The first kappa shape index (κ1) is 27.4. The van der Waals surface area contributed by atoms with E-state index in [0.29, 0.717) is 41.7 Å². The van der Waals surface area contributed by atoms with Gasteiger partial charge in [-0.15, -0.1) is 0 Å². The van der Waals surface area contributed by atoms with Crippen molar-refractivity contribution in [2.24, 2.45) is 0 Å². The van der Waals surface area contributed by atoms with Gasteiger partial charge >= 0.3 is 6.03 Å². The first-order chi connectivity index (χ1) is 17.1. The summed E-state index contributed by atoms with van der Waals surface area (Å²) in [5, 5.41) is 8.53. The van der Waals surface area contributed by atoms with Crippen LogP contribution in [0.15, 0.2) is 48.5 Å². The number of halogens is 1. The molecule has 1 fully saturated rings. The molecule has 0 radical (unpaired) electrons. The smallest absolute Gasteiger partial charge is 0.319 e. The summed E-state index contributed by atoms with van der Waals surface area (Å²) in [6, 6.07) is 11.7. The Morgan fingerprint density at radius 3 is 2.33 bits per heavy atom. The number of rotatable bonds is 10. The molecule has 3 rings (SSSR count). The summed E-state index contributed by atoms with van der Waals surface area (Å²) in [4.78, 5) is 39.1. The van der Waals surface area contributed by atoms with E-state index in [9.17, 15) is 22.8 Å². The van der Waals surface area contributed by atoms with Crippen molar-refractivity contribution < 1.29 is 27.5 Å². The van der Waals surface area contributed by atoms with E-state index in [1.807, 2.05) is 0 Å². The van der Waals surface area contributed by atoms with Crippen LogP contribution >= 0.6 is 11.6 Å². The van der Waals surface area contributed by atoms with E-state index >= 15 is 0 Å². The summed E-state index contributed by atoms with van der Waals surface area (Å²) in [6.45, 7) is 1.04. The molecular weight excluding hydrogens is 510 g/mol. The van der Waals surface area contributed by atoms with Crippen LogP contribution in [0.4, 0.5) is 21.9 Å². The lowest BCUT2D eigenvalue weighted by molar-refractivity contribution is -0.125. The first-order valence-corrected chi connectivity index (χ1v) is 13.4. The predicted octanol–water partition coefficient (Wildman–Crippen LogP) is 2.16. The van der Waals surface area contributed by atoms with Crippen molar-refractivity contribution >= 4 is 56.5 Å². The number of morpholine rings is 1. The van der Waals surface area contributed by atoms with Crippen molar-refractivity contribution in [2.45, 2.75) is 18.9 Å². The predicted molar refractivity (Wildman–Crippen MR) is 138 cm³/mol. The third-order valence-corrected chi connectivity index (χ3v) is 6.17. The van der Waals surface area contributed by atoms with E-state index < -0.39 is 28.0 Å². The monoisotopic (exact) mass is 537 g/mol. The molecule has 13 heteroatoms. The average Bonchev–Trinajstić information content (AvgIpc) is 2.83. The Hall–Kier alpha value is -3.19. The number of carbonyl (C=O) groups excluding carboxylic acids is 3. The van der Waals surface area contributed by atoms with Crippen molar-refractivity contribution in [1.29, 1.82) is 0 Å². The molecule has 36 heavy (non-hydrogen) atoms. The van der Waals surface area contributed by atoms with Crippen molar-refractivity contribution in [3.8, 4) is 0 Å². The Labute approximate surface area is 214 Å². The Kier molecular flexibility index (Phi) is 9.65. The molecule has 1 heterocycles. The summed E-state index contributed by atoms with van der Waals surface area (Å²) in [5.41, 5.74) is 1.65. The molecule has 1 atom stereocenters. The fourth-order valence-electron chi connectivity index (χ4n) is 3.44. The Bertz CT molecular complexity index is 1170. The molecule has 194 valence electrons. The van der Waals surface area contributed by atoms with Gasteiger partial charge in [0.25, 0.3) is 5.91 Å². The van der Waals surface area contributed by atoms with Gasteiger partial charge in [0.05, 0.1) is 12.9 Å². The van der Waals surface area contributed by atoms with Crippen LogP contribution in [0.25, 0.3) is 0 Å². The standard InChI is InChI=1S/C23H28ClN5O6S/c1-36(33,34)25-12-2-3-20(28-23(32)27-18-6-4-16(24)5-7-18)22(31)26-17-8-10-19(11-9-17)29-13-14-35-15-21(29)30/h4-11,20,25H,2-3,12-15H2,1H3,(H,26,31)(H2,27,28,32). The Morgan fingerprint density at radius 1 is 1.06 bits per heavy atom. The fraction of sp³-hybridized carbons (Fsp3) is 0.348. The number of sulfonamides is 1. The highest BCUT2D eigenvalue weighted by Gasteiger charge is 2.22. The molecule has 1 saturated heterocycles. The second-order valence-electron chi connectivity index (χ2n) is 8.10. The average molecular weight is 538 g/mol. The lowest BCUT2D eigenvalue weighted by Crippen LogP contribution is -2.46. The fourth-order valence-corrected chi connectivity index (χ4v) is 4.08. The molecular formula is C23H28ClN5O6S. The van der Waals surface area contributed by atoms with Gasteiger partial charge in [-0.05, 0) is 61.4 Å². The molecule has 2 aromatic rings. The molecule has 11 nitrogen and oxygen atoms in total. The molecule has 1 unspecified atom stereocenters. The Balaban J connectivity index is 1.63. The summed E-state index contributed by atoms with van der Waals surface area (Å²) >= 11 is 5.86. The highest BCUT2D eigenvalue weighted by atomic mass is 35.5. The van der Waals surface area contributed by atoms with Crippen LogP contribution in [0, 0.1) is 0 Å². The summed E-state index contributed by atoms with van der Waals surface area (Å²) in [6.07, 6.45) is 1.54. The van der Waals surface area contributed by atoms with Gasteiger partial charge in [-0.2, -0.15) is 0 Å². The zero-order valence-corrected chi connectivity index (χ0v) is 21.2. The van der Waals surface area contributed by atoms with E-state index in [1.54, 1.807) is 53.4 Å². The molecule has 4 amide bonds. The summed E-state index contributed by atoms with van der Waals surface area (Å²) in [7, 11) is -3.37. The van der Waals surface area contributed by atoms with Crippen LogP contribution < -0.4 is 25.6 Å². The second-order valence-corrected chi connectivity index (χ2v) is 10.4. The van der Waals surface area contributed by atoms with Gasteiger partial charge < -0.3 is 25.6 Å².